The Bertz CT molecular complexity index is 1410. The molecule has 1 saturated heterocycles. The molecular formula is C23H23N5O6S. The summed E-state index contributed by atoms with van der Waals surface area (Å²) in [4.78, 5) is 37.6. The molecule has 0 bridgehead atoms. The number of methoxy groups -OCH3 is 2. The lowest BCUT2D eigenvalue weighted by molar-refractivity contribution is -0.116. The van der Waals surface area contributed by atoms with Crippen LogP contribution in [0.25, 0.3) is 21.8 Å². The first kappa shape index (κ1) is 22.9. The summed E-state index contributed by atoms with van der Waals surface area (Å²) in [6, 6.07) is 8.48. The highest BCUT2D eigenvalue weighted by Gasteiger charge is 2.23. The van der Waals surface area contributed by atoms with Crippen molar-refractivity contribution in [2.75, 3.05) is 50.7 Å². The molecule has 1 fully saturated rings. The van der Waals surface area contributed by atoms with Gasteiger partial charge in [-0.15, -0.1) is 0 Å². The second-order valence-corrected chi connectivity index (χ2v) is 8.63. The molecule has 0 aliphatic carbocycles. The molecule has 35 heavy (non-hydrogen) atoms. The number of hydrogen-bond acceptors (Lipinski definition) is 10. The number of morpholine rings is 1. The molecule has 1 N–H and O–H groups in total. The molecule has 0 radical (unpaired) electrons. The van der Waals surface area contributed by atoms with Crippen molar-refractivity contribution >= 4 is 38.4 Å². The number of nitrogens with one attached hydrogen (secondary N) is 1. The first-order valence-corrected chi connectivity index (χ1v) is 11.7. The van der Waals surface area contributed by atoms with Gasteiger partial charge in [-0.05, 0) is 24.3 Å². The predicted molar refractivity (Wildman–Crippen MR) is 131 cm³/mol. The molecule has 182 valence electrons. The van der Waals surface area contributed by atoms with Crippen LogP contribution in [0.2, 0.25) is 0 Å². The number of furan rings is 1. The summed E-state index contributed by atoms with van der Waals surface area (Å²) in [5.41, 5.74) is 0.797. The Morgan fingerprint density at radius 2 is 1.94 bits per heavy atom. The molecule has 0 atom stereocenters. The van der Waals surface area contributed by atoms with E-state index in [-0.39, 0.29) is 6.54 Å². The van der Waals surface area contributed by atoms with Gasteiger partial charge in [0.2, 0.25) is 5.91 Å². The van der Waals surface area contributed by atoms with E-state index >= 15 is 0 Å². The van der Waals surface area contributed by atoms with Crippen LogP contribution in [0.5, 0.6) is 11.5 Å². The summed E-state index contributed by atoms with van der Waals surface area (Å²) in [5, 5.41) is 3.53. The Morgan fingerprint density at radius 1 is 1.14 bits per heavy atom. The molecule has 4 heterocycles. The molecule has 3 aromatic heterocycles. The minimum atomic E-state index is -0.566. The number of anilines is 2. The van der Waals surface area contributed by atoms with Gasteiger partial charge in [-0.2, -0.15) is 4.98 Å². The number of thiazole rings is 1. The maximum Gasteiger partial charge on any atom is 0.349 e. The Labute approximate surface area is 203 Å². The number of rotatable bonds is 7. The number of carbonyl (C=O) groups is 1. The second kappa shape index (κ2) is 9.76. The molecule has 0 unspecified atom stereocenters. The molecule has 5 rings (SSSR count). The zero-order valence-corrected chi connectivity index (χ0v) is 20.0. The highest BCUT2D eigenvalue weighted by Crippen LogP contribution is 2.34. The average Bonchev–Trinajstić information content (AvgIpc) is 3.57. The van der Waals surface area contributed by atoms with E-state index in [1.807, 2.05) is 0 Å². The van der Waals surface area contributed by atoms with E-state index in [4.69, 9.17) is 23.6 Å². The quantitative estimate of drug-likeness (QED) is 0.411. The number of aromatic nitrogens is 3. The fourth-order valence-corrected chi connectivity index (χ4v) is 4.92. The van der Waals surface area contributed by atoms with Gasteiger partial charge >= 0.3 is 5.69 Å². The number of amides is 1. The smallest absolute Gasteiger partial charge is 0.349 e. The van der Waals surface area contributed by atoms with E-state index in [2.05, 4.69) is 15.2 Å². The maximum atomic E-state index is 13.0. The van der Waals surface area contributed by atoms with E-state index in [1.165, 1.54) is 36.4 Å². The molecule has 11 nitrogen and oxygen atoms in total. The van der Waals surface area contributed by atoms with Gasteiger partial charge < -0.3 is 28.8 Å². The summed E-state index contributed by atoms with van der Waals surface area (Å²) in [6.07, 6.45) is 1.51. The van der Waals surface area contributed by atoms with Crippen LogP contribution in [0, 0.1) is 0 Å². The molecule has 12 heteroatoms. The van der Waals surface area contributed by atoms with Gasteiger partial charge in [0.1, 0.15) is 22.6 Å². The van der Waals surface area contributed by atoms with Crippen molar-refractivity contribution in [2.24, 2.45) is 0 Å². The fourth-order valence-electron chi connectivity index (χ4n) is 3.81. The Morgan fingerprint density at radius 3 is 2.66 bits per heavy atom. The third-order valence-corrected chi connectivity index (χ3v) is 6.65. The summed E-state index contributed by atoms with van der Waals surface area (Å²) in [6.45, 7) is 2.33. The minimum absolute atomic E-state index is 0.236. The van der Waals surface area contributed by atoms with E-state index < -0.39 is 11.6 Å². The summed E-state index contributed by atoms with van der Waals surface area (Å²) in [7, 11) is 3.05. The predicted octanol–water partition coefficient (Wildman–Crippen LogP) is 2.61. The van der Waals surface area contributed by atoms with Crippen LogP contribution >= 0.6 is 11.3 Å². The van der Waals surface area contributed by atoms with E-state index in [9.17, 15) is 9.59 Å². The van der Waals surface area contributed by atoms with Gasteiger partial charge in [0.05, 0.1) is 33.7 Å². The van der Waals surface area contributed by atoms with Crippen molar-refractivity contribution in [3.63, 3.8) is 0 Å². The van der Waals surface area contributed by atoms with E-state index in [1.54, 1.807) is 30.3 Å². The summed E-state index contributed by atoms with van der Waals surface area (Å²) >= 11 is 1.34. The lowest BCUT2D eigenvalue weighted by atomic mass is 10.2. The molecule has 1 aliphatic heterocycles. The normalized spacial score (nSPS) is 13.7. The summed E-state index contributed by atoms with van der Waals surface area (Å²) < 4.78 is 22.8. The van der Waals surface area contributed by atoms with Crippen molar-refractivity contribution < 1.29 is 23.4 Å². The zero-order chi connectivity index (χ0) is 24.4. The topological polar surface area (TPSA) is 121 Å². The molecule has 0 spiro atoms. The fraction of sp³-hybridized carbons (Fsp3) is 0.304. The van der Waals surface area contributed by atoms with Crippen LogP contribution < -0.4 is 25.4 Å². The van der Waals surface area contributed by atoms with Gasteiger partial charge in [-0.3, -0.25) is 9.36 Å². The number of nitrogens with zero attached hydrogens (tertiary/aromatic N) is 4. The Hall–Kier alpha value is -3.90. The van der Waals surface area contributed by atoms with Gasteiger partial charge in [0.25, 0.3) is 0 Å². The average molecular weight is 498 g/mol. The Balaban J connectivity index is 1.50. The maximum absolute atomic E-state index is 13.0. The van der Waals surface area contributed by atoms with Crippen LogP contribution in [0.1, 0.15) is 0 Å². The van der Waals surface area contributed by atoms with Crippen molar-refractivity contribution in [2.45, 2.75) is 6.54 Å². The largest absolute Gasteiger partial charge is 0.493 e. The summed E-state index contributed by atoms with van der Waals surface area (Å²) in [5.74, 6) is 1.07. The molecule has 1 aromatic carbocycles. The lowest BCUT2D eigenvalue weighted by Crippen LogP contribution is -2.36. The van der Waals surface area contributed by atoms with Crippen LogP contribution in [0.15, 0.2) is 45.8 Å². The highest BCUT2D eigenvalue weighted by molar-refractivity contribution is 7.22. The molecule has 0 saturated carbocycles. The van der Waals surface area contributed by atoms with Crippen molar-refractivity contribution in [1.82, 2.24) is 14.5 Å². The van der Waals surface area contributed by atoms with Crippen LogP contribution in [-0.2, 0) is 16.1 Å². The SMILES string of the molecule is COc1ccc(NC(=O)Cn2c(=O)nc(-c3ccco3)c3nc(N4CCOCC4)sc32)cc1OC. The van der Waals surface area contributed by atoms with Gasteiger partial charge in [0, 0.05) is 24.8 Å². The first-order chi connectivity index (χ1) is 17.1. The van der Waals surface area contributed by atoms with Crippen LogP contribution in [0.3, 0.4) is 0 Å². The van der Waals surface area contributed by atoms with Gasteiger partial charge in [0.15, 0.2) is 22.4 Å². The molecule has 1 aliphatic rings. The zero-order valence-electron chi connectivity index (χ0n) is 19.1. The number of fused-ring (bicyclic) bond motifs is 1. The molecule has 4 aromatic rings. The minimum Gasteiger partial charge on any atom is -0.493 e. The number of benzene rings is 1. The first-order valence-electron chi connectivity index (χ1n) is 10.9. The lowest BCUT2D eigenvalue weighted by Gasteiger charge is -2.25. The van der Waals surface area contributed by atoms with Gasteiger partial charge in [-0.1, -0.05) is 11.3 Å². The number of carbonyl (C=O) groups excluding carboxylic acids is 1. The monoisotopic (exact) mass is 497 g/mol. The van der Waals surface area contributed by atoms with Crippen LogP contribution in [0.4, 0.5) is 10.8 Å². The van der Waals surface area contributed by atoms with Crippen LogP contribution in [-0.4, -0.2) is 61.0 Å². The highest BCUT2D eigenvalue weighted by atomic mass is 32.1. The molecular weight excluding hydrogens is 474 g/mol. The second-order valence-electron chi connectivity index (χ2n) is 7.67. The number of hydrogen-bond donors (Lipinski definition) is 1. The van der Waals surface area contributed by atoms with Crippen molar-refractivity contribution in [3.8, 4) is 23.0 Å². The van der Waals surface area contributed by atoms with Crippen molar-refractivity contribution in [3.05, 3.63) is 47.1 Å². The molecule has 1 amide bonds. The third-order valence-electron chi connectivity index (χ3n) is 5.51. The van der Waals surface area contributed by atoms with E-state index in [0.717, 1.165) is 5.13 Å². The Kier molecular flexibility index (Phi) is 6.38. The standard InChI is InChI=1S/C23H23N5O6S/c1-31-15-6-5-14(12-17(15)32-2)24-18(29)13-28-21-20(19(25-22(28)30)16-4-3-9-34-16)26-23(35-21)27-7-10-33-11-8-27/h3-6,9,12H,7-8,10-11,13H2,1-2H3,(H,24,29). The number of ether oxygens (including phenoxy) is 3. The van der Waals surface area contributed by atoms with Crippen molar-refractivity contribution in [1.29, 1.82) is 0 Å². The third kappa shape index (κ3) is 4.57. The van der Waals surface area contributed by atoms with E-state index in [0.29, 0.717) is 65.3 Å². The van der Waals surface area contributed by atoms with Gasteiger partial charge in [-0.25, -0.2) is 9.78 Å².